The van der Waals surface area contributed by atoms with Gasteiger partial charge in [0.05, 0.1) is 60.9 Å². The van der Waals surface area contributed by atoms with E-state index >= 15 is 0 Å². The lowest BCUT2D eigenvalue weighted by Gasteiger charge is -2.19. The average Bonchev–Trinajstić information content (AvgIpc) is 4.32. The number of benzene rings is 4. The first-order chi connectivity index (χ1) is 39.2. The summed E-state index contributed by atoms with van der Waals surface area (Å²) in [6.07, 6.45) is 8.54. The van der Waals surface area contributed by atoms with Crippen LogP contribution in [0.3, 0.4) is 0 Å². The number of carboxylic acid groups (broad SMARTS) is 1. The lowest BCUT2D eigenvalue weighted by atomic mass is 10.2. The molecule has 0 radical (unpaired) electrons. The first-order valence-electron chi connectivity index (χ1n) is 24.8. The van der Waals surface area contributed by atoms with Crippen molar-refractivity contribution in [3.05, 3.63) is 165 Å². The molecule has 26 heteroatoms. The Balaban J connectivity index is 0.000000150. The summed E-state index contributed by atoms with van der Waals surface area (Å²) >= 11 is 13.8. The monoisotopic (exact) mass is 1280 g/mol. The second kappa shape index (κ2) is 28.8. The Hall–Kier alpha value is -8.46. The molecule has 1 unspecified atom stereocenters. The van der Waals surface area contributed by atoms with E-state index in [2.05, 4.69) is 92.9 Å². The number of rotatable bonds is 7. The number of hydrogen-bond donors (Lipinski definition) is 7. The zero-order valence-electron chi connectivity index (χ0n) is 45.0. The number of halogens is 3. The van der Waals surface area contributed by atoms with Crippen LogP contribution in [0.15, 0.2) is 143 Å². The molecule has 1 saturated heterocycles. The van der Waals surface area contributed by atoms with Crippen LogP contribution in [0.4, 0.5) is 33.5 Å². The molecule has 9 N–H and O–H groups in total. The largest absolute Gasteiger partial charge is 0.481 e. The number of aryl methyl sites for hydroxylation is 1. The van der Waals surface area contributed by atoms with Crippen molar-refractivity contribution in [3.63, 3.8) is 0 Å². The molecule has 424 valence electrons. The summed E-state index contributed by atoms with van der Waals surface area (Å²) in [4.78, 5) is 53.7. The number of carbonyl (C=O) groups excluding carboxylic acids is 2. The number of H-pyrrole nitrogens is 2. The van der Waals surface area contributed by atoms with Gasteiger partial charge in [-0.15, -0.1) is 11.3 Å². The second-order valence-electron chi connectivity index (χ2n) is 18.7. The number of methoxy groups -OCH3 is 1. The van der Waals surface area contributed by atoms with E-state index in [1.54, 1.807) is 69.2 Å². The normalized spacial score (nSPS) is 12.4. The van der Waals surface area contributed by atoms with E-state index in [9.17, 15) is 14.4 Å². The third kappa shape index (κ3) is 18.5. The third-order valence-corrected chi connectivity index (χ3v) is 13.3. The molecule has 0 spiro atoms. The Morgan fingerprint density at radius 3 is 2.18 bits per heavy atom. The number of aromatic nitrogens is 11. The van der Waals surface area contributed by atoms with Gasteiger partial charge in [-0.3, -0.25) is 9.89 Å². The first kappa shape index (κ1) is 61.2. The van der Waals surface area contributed by atoms with Gasteiger partial charge in [-0.1, -0.05) is 44.0 Å². The predicted molar refractivity (Wildman–Crippen MR) is 327 cm³/mol. The van der Waals surface area contributed by atoms with Gasteiger partial charge in [0.1, 0.15) is 27.9 Å². The number of carbonyl (C=O) groups is 3. The van der Waals surface area contributed by atoms with Crippen LogP contribution < -0.4 is 26.8 Å². The van der Waals surface area contributed by atoms with Crippen LogP contribution in [0.25, 0.3) is 42.8 Å². The van der Waals surface area contributed by atoms with Crippen LogP contribution >= 0.6 is 54.8 Å². The Labute approximate surface area is 495 Å². The summed E-state index contributed by atoms with van der Waals surface area (Å²) in [6, 6.07) is 32.1. The maximum atomic E-state index is 12.2. The van der Waals surface area contributed by atoms with Crippen molar-refractivity contribution >= 4 is 144 Å². The number of fused-ring (bicyclic) bond motifs is 4. The van der Waals surface area contributed by atoms with Crippen LogP contribution in [-0.2, 0) is 9.47 Å². The number of aromatic carboxylic acids is 1. The van der Waals surface area contributed by atoms with Gasteiger partial charge < -0.3 is 46.4 Å². The topological polar surface area (TPSA) is 315 Å². The number of nitrogen functional groups attached to an aromatic ring is 1. The molecule has 1 aliphatic heterocycles. The van der Waals surface area contributed by atoms with Gasteiger partial charge in [0.15, 0.2) is 5.78 Å². The van der Waals surface area contributed by atoms with E-state index in [4.69, 9.17) is 42.4 Å². The summed E-state index contributed by atoms with van der Waals surface area (Å²) in [6.45, 7) is 10.4. The van der Waals surface area contributed by atoms with E-state index in [-0.39, 0.29) is 11.1 Å². The highest BCUT2D eigenvalue weighted by Crippen LogP contribution is 2.29. The molecule has 7 aromatic heterocycles. The van der Waals surface area contributed by atoms with Crippen LogP contribution in [0.1, 0.15) is 60.1 Å². The van der Waals surface area contributed by atoms with Gasteiger partial charge in [-0.05, 0) is 136 Å². The molecule has 0 saturated carbocycles. The van der Waals surface area contributed by atoms with Gasteiger partial charge in [0, 0.05) is 78.5 Å². The quantitative estimate of drug-likeness (QED) is 0.0576. The third-order valence-electron chi connectivity index (χ3n) is 11.0. The Bertz CT molecular complexity index is 3850. The fourth-order valence-electron chi connectivity index (χ4n) is 7.24. The zero-order chi connectivity index (χ0) is 58.9. The highest BCUT2D eigenvalue weighted by molar-refractivity contribution is 9.10. The van der Waals surface area contributed by atoms with Gasteiger partial charge in [0.25, 0.3) is 0 Å². The van der Waals surface area contributed by atoms with E-state index in [1.165, 1.54) is 22.2 Å². The zero-order valence-corrected chi connectivity index (χ0v) is 49.8. The molecule has 8 heterocycles. The van der Waals surface area contributed by atoms with Gasteiger partial charge in [-0.25, -0.2) is 24.5 Å². The Morgan fingerprint density at radius 2 is 1.55 bits per heavy atom. The summed E-state index contributed by atoms with van der Waals surface area (Å²) in [5.74, 6) is 1.68. The van der Waals surface area contributed by atoms with Crippen molar-refractivity contribution < 1.29 is 33.7 Å². The molecule has 11 aromatic rings. The molecule has 0 aliphatic carbocycles. The number of hydrogen-bond acceptors (Lipinski definition) is 19. The van der Waals surface area contributed by atoms with Crippen LogP contribution in [0, 0.1) is 6.92 Å². The second-order valence-corrected chi connectivity index (χ2v) is 21.9. The summed E-state index contributed by atoms with van der Waals surface area (Å²) < 4.78 is 19.6. The van der Waals surface area contributed by atoms with E-state index in [0.29, 0.717) is 51.2 Å². The number of ether oxygens (including phenoxy) is 3. The fourth-order valence-corrected chi connectivity index (χ4v) is 9.21. The Morgan fingerprint density at radius 1 is 0.817 bits per heavy atom. The van der Waals surface area contributed by atoms with E-state index in [0.717, 1.165) is 77.2 Å². The number of nitrogens with zero attached hydrogens (tertiary/aromatic N) is 9. The van der Waals surface area contributed by atoms with Crippen molar-refractivity contribution in [3.8, 4) is 5.88 Å². The number of carboxylic acids is 1. The standard InChI is InChI=1S/C16H16ClN5O2.C13H13N5O.C10H8BrNO.C9H5BrO2S.C4H5N3.C4H9NO/c1-16(2,3)24-15(23)22-12-5-4-11(8-10(12)9-19-22)20-13-6-7-18-14(17)21-13;1-8-15-12(6-13(16-8)19-2)17-10-3-4-11-9(5-10)7-14-18-11;1-6(13)9-4-7-2-3-8(11)5-10(7)12-9;10-6-2-1-5-3-8(9(11)12)13-7(5)4-6;5-4-1-2-6-7-3-4;5-4-1-2-6-3-4/h4-9H,1-3H3,(H,18,20,21);3-7H,1-2H3,(H,14,18)(H,15,16,17);2-5,12H,1H3;1-4H,(H,11,12);1-3H,(H2,5,6);4H,1-3,5H2. The lowest BCUT2D eigenvalue weighted by molar-refractivity contribution is 0.0522. The van der Waals surface area contributed by atoms with Gasteiger partial charge in [0.2, 0.25) is 11.2 Å². The SMILES string of the molecule is CC(=O)c1cc2ccc(Br)cc2[nH]1.CC(C)(C)OC(=O)n1ncc2cc(Nc3ccnc(Cl)n3)ccc21.COc1cc(Nc2ccc3[nH]ncc3c2)nc(C)n1.NC1CCOC1.Nc1ccnnc1.O=C(O)c1cc2ccc(Br)cc2s1. The number of aromatic amines is 2. The molecule has 1 aliphatic rings. The maximum absolute atomic E-state index is 12.2. The van der Waals surface area contributed by atoms with Gasteiger partial charge in [-0.2, -0.15) is 30.1 Å². The summed E-state index contributed by atoms with van der Waals surface area (Å²) in [5, 5.41) is 37.2. The molecule has 82 heavy (non-hydrogen) atoms. The van der Waals surface area contributed by atoms with Crippen LogP contribution in [0.5, 0.6) is 5.88 Å². The van der Waals surface area contributed by atoms with Crippen LogP contribution in [0.2, 0.25) is 5.28 Å². The number of nitrogens with one attached hydrogen (secondary N) is 4. The van der Waals surface area contributed by atoms with Crippen molar-refractivity contribution in [1.82, 2.24) is 55.1 Å². The molecule has 1 atom stereocenters. The molecule has 0 bridgehead atoms. The lowest BCUT2D eigenvalue weighted by Crippen LogP contribution is -2.27. The van der Waals surface area contributed by atoms with Crippen molar-refractivity contribution in [2.75, 3.05) is 36.7 Å². The first-order valence-corrected chi connectivity index (χ1v) is 27.6. The molecule has 4 aromatic carbocycles. The predicted octanol–water partition coefficient (Wildman–Crippen LogP) is 12.7. The van der Waals surface area contributed by atoms with Crippen molar-refractivity contribution in [2.45, 2.75) is 52.7 Å². The summed E-state index contributed by atoms with van der Waals surface area (Å²) in [7, 11) is 1.59. The van der Waals surface area contributed by atoms with Crippen molar-refractivity contribution in [1.29, 1.82) is 0 Å². The smallest absolute Gasteiger partial charge is 0.435 e. The minimum atomic E-state index is -0.864. The molecule has 12 rings (SSSR count). The minimum absolute atomic E-state index is 0.0623. The number of nitrogens with two attached hydrogens (primary N) is 2. The maximum Gasteiger partial charge on any atom is 0.435 e. The summed E-state index contributed by atoms with van der Waals surface area (Å²) in [5.41, 5.74) is 15.8. The fraction of sp³-hybridized carbons (Fsp3) is 0.196. The van der Waals surface area contributed by atoms with Crippen LogP contribution in [-0.4, -0.2) is 110 Å². The number of anilines is 5. The molecule has 22 nitrogen and oxygen atoms in total. The molecule has 0 amide bonds. The number of ketones is 1. The number of thiophene rings is 1. The van der Waals surface area contributed by atoms with E-state index in [1.807, 2.05) is 100 Å². The Kier molecular flexibility index (Phi) is 21.5. The highest BCUT2D eigenvalue weighted by atomic mass is 79.9. The minimum Gasteiger partial charge on any atom is -0.481 e. The van der Waals surface area contributed by atoms with Gasteiger partial charge >= 0.3 is 12.1 Å². The highest BCUT2D eigenvalue weighted by Gasteiger charge is 2.20. The molecular formula is C56H56Br2ClN15O7S. The molecular weight excluding hydrogens is 1220 g/mol. The average molecular weight is 1280 g/mol. The van der Waals surface area contributed by atoms with E-state index < -0.39 is 17.7 Å². The van der Waals surface area contributed by atoms with Crippen molar-refractivity contribution in [2.24, 2.45) is 5.73 Å². The molecule has 1 fully saturated rings. The number of Topliss-reactive ketones (excluding diaryl/α,β-unsaturated/α-hetero) is 1.